The number of carbonyl (C=O) groups excluding carboxylic acids is 1. The molecule has 0 amide bonds. The van der Waals surface area contributed by atoms with Gasteiger partial charge in [0.25, 0.3) is 0 Å². The minimum Gasteiger partial charge on any atom is -0.462 e. The molecule has 19 heavy (non-hydrogen) atoms. The molecule has 0 atom stereocenters. The van der Waals surface area contributed by atoms with Gasteiger partial charge in [0, 0.05) is 16.4 Å². The van der Waals surface area contributed by atoms with Crippen molar-refractivity contribution in [3.63, 3.8) is 0 Å². The van der Waals surface area contributed by atoms with Gasteiger partial charge in [-0.2, -0.15) is 0 Å². The van der Waals surface area contributed by atoms with Crippen molar-refractivity contribution in [2.75, 3.05) is 18.1 Å². The summed E-state index contributed by atoms with van der Waals surface area (Å²) in [6.45, 7) is 2.29. The molecule has 0 saturated heterocycles. The fraction of sp³-hybridized carbons (Fsp3) is 0.400. The van der Waals surface area contributed by atoms with Crippen LogP contribution in [0.15, 0.2) is 40.1 Å². The van der Waals surface area contributed by atoms with Crippen LogP contribution in [0.4, 0.5) is 0 Å². The van der Waals surface area contributed by atoms with Crippen LogP contribution in [0.1, 0.15) is 18.9 Å². The maximum Gasteiger partial charge on any atom is 0.345 e. The summed E-state index contributed by atoms with van der Waals surface area (Å²) in [6, 6.07) is 10.4. The Hall–Kier alpha value is -0.870. The van der Waals surface area contributed by atoms with Crippen LogP contribution in [0.5, 0.6) is 0 Å². The summed E-state index contributed by atoms with van der Waals surface area (Å²) < 4.78 is 5.13. The van der Waals surface area contributed by atoms with Crippen LogP contribution < -0.4 is 0 Å². The molecule has 0 aliphatic carbocycles. The number of benzene rings is 1. The zero-order chi connectivity index (χ0) is 13.5. The molecule has 0 radical (unpaired) electrons. The van der Waals surface area contributed by atoms with E-state index >= 15 is 0 Å². The van der Waals surface area contributed by atoms with Crippen molar-refractivity contribution in [1.82, 2.24) is 0 Å². The third kappa shape index (κ3) is 4.32. The van der Waals surface area contributed by atoms with E-state index in [1.165, 1.54) is 10.5 Å². The summed E-state index contributed by atoms with van der Waals surface area (Å²) in [5.74, 6) is 1.92. The number of allylic oxidation sites excluding steroid dienone is 1. The van der Waals surface area contributed by atoms with Crippen molar-refractivity contribution < 1.29 is 9.53 Å². The minimum absolute atomic E-state index is 0.150. The van der Waals surface area contributed by atoms with E-state index in [4.69, 9.17) is 4.74 Å². The van der Waals surface area contributed by atoms with E-state index in [1.807, 2.05) is 13.0 Å². The molecule has 0 aromatic heterocycles. The third-order valence-electron chi connectivity index (χ3n) is 2.80. The van der Waals surface area contributed by atoms with Gasteiger partial charge in [-0.15, -0.1) is 23.5 Å². The fourth-order valence-corrected chi connectivity index (χ4v) is 4.28. The van der Waals surface area contributed by atoms with Crippen LogP contribution >= 0.6 is 23.5 Å². The largest absolute Gasteiger partial charge is 0.462 e. The first-order valence-electron chi connectivity index (χ1n) is 6.51. The first-order chi connectivity index (χ1) is 9.31. The van der Waals surface area contributed by atoms with Gasteiger partial charge in [-0.25, -0.2) is 4.79 Å². The first-order valence-corrected chi connectivity index (χ1v) is 8.48. The lowest BCUT2D eigenvalue weighted by atomic mass is 10.1. The van der Waals surface area contributed by atoms with Crippen molar-refractivity contribution in [3.8, 4) is 0 Å². The van der Waals surface area contributed by atoms with Crippen molar-refractivity contribution in [3.05, 3.63) is 45.7 Å². The fourth-order valence-electron chi connectivity index (χ4n) is 1.91. The minimum atomic E-state index is -0.150. The molecule has 2 rings (SSSR count). The summed E-state index contributed by atoms with van der Waals surface area (Å²) in [5, 5.41) is 0. The van der Waals surface area contributed by atoms with Crippen molar-refractivity contribution >= 4 is 29.5 Å². The van der Waals surface area contributed by atoms with E-state index in [-0.39, 0.29) is 5.97 Å². The zero-order valence-electron chi connectivity index (χ0n) is 11.1. The molecule has 0 N–H and O–H groups in total. The highest BCUT2D eigenvalue weighted by Crippen LogP contribution is 2.37. The molecule has 0 spiro atoms. The average Bonchev–Trinajstić information content (AvgIpc) is 2.47. The second kappa shape index (κ2) is 7.65. The predicted molar refractivity (Wildman–Crippen MR) is 83.3 cm³/mol. The van der Waals surface area contributed by atoms with Crippen molar-refractivity contribution in [1.29, 1.82) is 0 Å². The maximum absolute atomic E-state index is 11.9. The molecule has 4 heteroatoms. The van der Waals surface area contributed by atoms with E-state index in [0.717, 1.165) is 29.3 Å². The van der Waals surface area contributed by atoms with Crippen LogP contribution in [0.25, 0.3) is 0 Å². The number of aryl methyl sites for hydroxylation is 1. The summed E-state index contributed by atoms with van der Waals surface area (Å²) in [5.41, 5.74) is 1.31. The molecule has 1 aromatic carbocycles. The van der Waals surface area contributed by atoms with E-state index in [9.17, 15) is 4.79 Å². The van der Waals surface area contributed by atoms with Crippen LogP contribution in [0.2, 0.25) is 0 Å². The van der Waals surface area contributed by atoms with Gasteiger partial charge in [-0.3, -0.25) is 0 Å². The predicted octanol–water partition coefficient (Wildman–Crippen LogP) is 3.87. The van der Waals surface area contributed by atoms with Gasteiger partial charge < -0.3 is 4.74 Å². The molecule has 0 bridgehead atoms. The third-order valence-corrected chi connectivity index (χ3v) is 5.47. The quantitative estimate of drug-likeness (QED) is 0.770. The van der Waals surface area contributed by atoms with Crippen molar-refractivity contribution in [2.24, 2.45) is 0 Å². The molecule has 2 nitrogen and oxygen atoms in total. The number of ether oxygens (including phenoxy) is 1. The number of thioether (sulfide) groups is 2. The van der Waals surface area contributed by atoms with Gasteiger partial charge >= 0.3 is 5.97 Å². The summed E-state index contributed by atoms with van der Waals surface area (Å²) in [6.07, 6.45) is 1.91. The molecule has 1 heterocycles. The Morgan fingerprint density at radius 2 is 1.89 bits per heavy atom. The van der Waals surface area contributed by atoms with Crippen LogP contribution in [-0.2, 0) is 16.0 Å². The molecule has 0 unspecified atom stereocenters. The highest BCUT2D eigenvalue weighted by atomic mass is 32.2. The Bertz CT molecular complexity index is 454. The molecule has 102 valence electrons. The second-order valence-electron chi connectivity index (χ2n) is 4.16. The molecule has 0 saturated carbocycles. The van der Waals surface area contributed by atoms with Crippen LogP contribution in [0.3, 0.4) is 0 Å². The van der Waals surface area contributed by atoms with E-state index in [0.29, 0.717) is 6.61 Å². The topological polar surface area (TPSA) is 26.3 Å². The summed E-state index contributed by atoms with van der Waals surface area (Å²) >= 11 is 3.44. The molecule has 1 aliphatic heterocycles. The van der Waals surface area contributed by atoms with Gasteiger partial charge in [-0.1, -0.05) is 30.3 Å². The highest BCUT2D eigenvalue weighted by Gasteiger charge is 2.21. The van der Waals surface area contributed by atoms with E-state index in [1.54, 1.807) is 23.5 Å². The highest BCUT2D eigenvalue weighted by molar-refractivity contribution is 8.10. The summed E-state index contributed by atoms with van der Waals surface area (Å²) in [4.78, 5) is 13.9. The first kappa shape index (κ1) is 14.5. The zero-order valence-corrected chi connectivity index (χ0v) is 12.7. The smallest absolute Gasteiger partial charge is 0.345 e. The molecule has 0 fully saturated rings. The Morgan fingerprint density at radius 1 is 1.16 bits per heavy atom. The Kier molecular flexibility index (Phi) is 5.86. The lowest BCUT2D eigenvalue weighted by molar-refractivity contribution is -0.137. The summed E-state index contributed by atoms with van der Waals surface area (Å²) in [7, 11) is 0. The lowest BCUT2D eigenvalue weighted by Crippen LogP contribution is -2.11. The Labute approximate surface area is 123 Å². The maximum atomic E-state index is 11.9. The Balaban J connectivity index is 2.04. The second-order valence-corrected chi connectivity index (χ2v) is 6.45. The number of rotatable bonds is 5. The molecule has 1 aliphatic rings. The average molecular weight is 294 g/mol. The number of esters is 1. The number of hydrogen-bond acceptors (Lipinski definition) is 4. The number of carbonyl (C=O) groups is 1. The van der Waals surface area contributed by atoms with Crippen LogP contribution in [-0.4, -0.2) is 24.1 Å². The monoisotopic (exact) mass is 294 g/mol. The standard InChI is InChI=1S/C15H18O2S2/c1-2-17-15(16)14-13(18-10-11-19-14)9-8-12-6-4-3-5-7-12/h3-7H,2,8-11H2,1H3. The van der Waals surface area contributed by atoms with Gasteiger partial charge in [0.1, 0.15) is 4.91 Å². The lowest BCUT2D eigenvalue weighted by Gasteiger charge is -2.18. The number of hydrogen-bond donors (Lipinski definition) is 0. The SMILES string of the molecule is CCOC(=O)C1=C(CCc2ccccc2)SCCS1. The van der Waals surface area contributed by atoms with Crippen molar-refractivity contribution in [2.45, 2.75) is 19.8 Å². The van der Waals surface area contributed by atoms with Gasteiger partial charge in [0.05, 0.1) is 6.61 Å². The normalized spacial score (nSPS) is 15.4. The van der Waals surface area contributed by atoms with E-state index in [2.05, 4.69) is 24.3 Å². The van der Waals surface area contributed by atoms with Crippen LogP contribution in [0, 0.1) is 0 Å². The molecular weight excluding hydrogens is 276 g/mol. The molecule has 1 aromatic rings. The van der Waals surface area contributed by atoms with E-state index < -0.39 is 0 Å². The van der Waals surface area contributed by atoms with Gasteiger partial charge in [0.15, 0.2) is 0 Å². The van der Waals surface area contributed by atoms with Gasteiger partial charge in [-0.05, 0) is 25.3 Å². The van der Waals surface area contributed by atoms with Gasteiger partial charge in [0.2, 0.25) is 0 Å². The molecular formula is C15H18O2S2. The Morgan fingerprint density at radius 3 is 2.63 bits per heavy atom.